The molecule has 2 aromatic rings. The van der Waals surface area contributed by atoms with Crippen LogP contribution in [0.1, 0.15) is 27.6 Å². The minimum Gasteiger partial charge on any atom is -0.490 e. The van der Waals surface area contributed by atoms with E-state index in [1.165, 1.54) is 0 Å². The van der Waals surface area contributed by atoms with E-state index in [0.29, 0.717) is 49.1 Å². The van der Waals surface area contributed by atoms with E-state index in [1.54, 1.807) is 36.4 Å². The summed E-state index contributed by atoms with van der Waals surface area (Å²) in [6, 6.07) is 13.8. The Kier molecular flexibility index (Phi) is 6.86. The summed E-state index contributed by atoms with van der Waals surface area (Å²) in [4.78, 5) is 25.1. The molecule has 2 aromatic carbocycles. The Morgan fingerprint density at radius 3 is 1.93 bits per heavy atom. The lowest BCUT2D eigenvalue weighted by Gasteiger charge is -2.17. The van der Waals surface area contributed by atoms with Crippen molar-refractivity contribution in [2.24, 2.45) is 0 Å². The molecule has 0 saturated heterocycles. The van der Waals surface area contributed by atoms with Crippen molar-refractivity contribution in [3.05, 3.63) is 59.7 Å². The van der Waals surface area contributed by atoms with Crippen LogP contribution in [0.2, 0.25) is 0 Å². The maximum Gasteiger partial charge on any atom is 0.255 e. The van der Waals surface area contributed by atoms with Crippen LogP contribution in [0, 0.1) is 0 Å². The molecule has 0 fully saturated rings. The summed E-state index contributed by atoms with van der Waals surface area (Å²) >= 11 is 0. The quantitative estimate of drug-likeness (QED) is 0.726. The van der Waals surface area contributed by atoms with Gasteiger partial charge in [-0.1, -0.05) is 24.3 Å². The molecule has 1 heterocycles. The second-order valence-corrected chi connectivity index (χ2v) is 6.39. The Hall–Kier alpha value is -3.06. The van der Waals surface area contributed by atoms with Crippen LogP contribution in [0.5, 0.6) is 11.5 Å². The summed E-state index contributed by atoms with van der Waals surface area (Å²) in [5.74, 6) is 0.470. The number of para-hydroxylation sites is 2. The molecule has 1 aliphatic rings. The topological polar surface area (TPSA) is 85.9 Å². The SMILES string of the molecule is CC1CNC(=O)c2ccccc2OCCOCCOc2ccccc2C(=O)N1. The minimum atomic E-state index is -0.267. The standard InChI is InChI=1S/C21H24N2O5/c1-15-14-22-20(24)16-6-2-4-8-18(16)27-12-10-26-11-13-28-19-9-5-3-7-17(19)21(25)23-15/h2-9,15H,10-14H2,1H3,(H,22,24)(H,23,25). The molecule has 0 saturated carbocycles. The number of carbonyl (C=O) groups is 2. The van der Waals surface area contributed by atoms with E-state index < -0.39 is 0 Å². The Morgan fingerprint density at radius 1 is 0.786 bits per heavy atom. The molecule has 148 valence electrons. The van der Waals surface area contributed by atoms with Crippen molar-refractivity contribution in [1.29, 1.82) is 0 Å². The van der Waals surface area contributed by atoms with Gasteiger partial charge >= 0.3 is 0 Å². The van der Waals surface area contributed by atoms with Crippen LogP contribution in [0.15, 0.2) is 48.5 Å². The number of fused-ring (bicyclic) bond motifs is 2. The summed E-state index contributed by atoms with van der Waals surface area (Å²) in [6.45, 7) is 3.46. The summed E-state index contributed by atoms with van der Waals surface area (Å²) in [7, 11) is 0. The molecule has 28 heavy (non-hydrogen) atoms. The zero-order valence-electron chi connectivity index (χ0n) is 15.8. The molecule has 1 atom stereocenters. The van der Waals surface area contributed by atoms with Crippen molar-refractivity contribution >= 4 is 11.8 Å². The van der Waals surface area contributed by atoms with Gasteiger partial charge in [0.2, 0.25) is 0 Å². The second-order valence-electron chi connectivity index (χ2n) is 6.39. The lowest BCUT2D eigenvalue weighted by atomic mass is 10.1. The molecule has 2 amide bonds. The molecule has 1 unspecified atom stereocenters. The van der Waals surface area contributed by atoms with Gasteiger partial charge in [0.15, 0.2) is 0 Å². The predicted octanol–water partition coefficient (Wildman–Crippen LogP) is 2.02. The molecule has 7 heteroatoms. The molecule has 1 aliphatic heterocycles. The first-order valence-electron chi connectivity index (χ1n) is 9.25. The molecule has 3 rings (SSSR count). The van der Waals surface area contributed by atoms with E-state index in [0.717, 1.165) is 0 Å². The maximum absolute atomic E-state index is 12.6. The van der Waals surface area contributed by atoms with Crippen molar-refractivity contribution in [3.63, 3.8) is 0 Å². The van der Waals surface area contributed by atoms with Crippen LogP contribution >= 0.6 is 0 Å². The van der Waals surface area contributed by atoms with E-state index in [4.69, 9.17) is 14.2 Å². The first-order chi connectivity index (χ1) is 13.6. The summed E-state index contributed by atoms with van der Waals surface area (Å²) in [5, 5.41) is 5.71. The highest BCUT2D eigenvalue weighted by Gasteiger charge is 2.17. The number of benzene rings is 2. The number of amides is 2. The summed E-state index contributed by atoms with van der Waals surface area (Å²) < 4.78 is 16.9. The van der Waals surface area contributed by atoms with Gasteiger partial charge < -0.3 is 24.8 Å². The zero-order valence-corrected chi connectivity index (χ0v) is 15.8. The van der Waals surface area contributed by atoms with E-state index >= 15 is 0 Å². The minimum absolute atomic E-state index is 0.258. The number of nitrogens with one attached hydrogen (secondary N) is 2. The molecule has 2 N–H and O–H groups in total. The van der Waals surface area contributed by atoms with Gasteiger partial charge in [-0.05, 0) is 31.2 Å². The number of hydrogen-bond donors (Lipinski definition) is 2. The first-order valence-corrected chi connectivity index (χ1v) is 9.25. The fraction of sp³-hybridized carbons (Fsp3) is 0.333. The van der Waals surface area contributed by atoms with E-state index in [-0.39, 0.29) is 24.4 Å². The first kappa shape index (κ1) is 19.7. The largest absolute Gasteiger partial charge is 0.490 e. The monoisotopic (exact) mass is 384 g/mol. The maximum atomic E-state index is 12.6. The van der Waals surface area contributed by atoms with Gasteiger partial charge in [0.25, 0.3) is 11.8 Å². The molecule has 0 bridgehead atoms. The van der Waals surface area contributed by atoms with Gasteiger partial charge in [-0.25, -0.2) is 0 Å². The van der Waals surface area contributed by atoms with Crippen molar-refractivity contribution in [1.82, 2.24) is 10.6 Å². The molecule has 0 radical (unpaired) electrons. The Labute approximate surface area is 164 Å². The van der Waals surface area contributed by atoms with Crippen molar-refractivity contribution < 1.29 is 23.8 Å². The highest BCUT2D eigenvalue weighted by molar-refractivity contribution is 5.98. The highest BCUT2D eigenvalue weighted by atomic mass is 16.5. The average Bonchev–Trinajstić information content (AvgIpc) is 2.71. The molecule has 0 spiro atoms. The van der Waals surface area contributed by atoms with Gasteiger partial charge in [-0.2, -0.15) is 0 Å². The lowest BCUT2D eigenvalue weighted by Crippen LogP contribution is -2.42. The van der Waals surface area contributed by atoms with E-state index in [2.05, 4.69) is 10.6 Å². The normalized spacial score (nSPS) is 19.0. The third-order valence-corrected chi connectivity index (χ3v) is 4.18. The predicted molar refractivity (Wildman–Crippen MR) is 104 cm³/mol. The number of rotatable bonds is 0. The zero-order chi connectivity index (χ0) is 19.8. The van der Waals surface area contributed by atoms with Gasteiger partial charge in [0.1, 0.15) is 24.7 Å². The van der Waals surface area contributed by atoms with Crippen LogP contribution in [0.3, 0.4) is 0 Å². The molecular formula is C21H24N2O5. The van der Waals surface area contributed by atoms with Crippen LogP contribution < -0.4 is 20.1 Å². The third kappa shape index (κ3) is 5.23. The van der Waals surface area contributed by atoms with Crippen molar-refractivity contribution in [2.45, 2.75) is 13.0 Å². The van der Waals surface area contributed by atoms with Crippen LogP contribution in [-0.2, 0) is 4.74 Å². The number of hydrogen-bond acceptors (Lipinski definition) is 5. The van der Waals surface area contributed by atoms with Gasteiger partial charge in [0, 0.05) is 12.6 Å². The fourth-order valence-electron chi connectivity index (χ4n) is 2.78. The number of ether oxygens (including phenoxy) is 3. The Bertz CT molecular complexity index is 824. The summed E-state index contributed by atoms with van der Waals surface area (Å²) in [5.41, 5.74) is 0.887. The molecule has 0 aliphatic carbocycles. The van der Waals surface area contributed by atoms with Crippen molar-refractivity contribution in [2.75, 3.05) is 33.0 Å². The van der Waals surface area contributed by atoms with Crippen LogP contribution in [-0.4, -0.2) is 50.8 Å². The molecular weight excluding hydrogens is 360 g/mol. The fourth-order valence-corrected chi connectivity index (χ4v) is 2.78. The van der Waals surface area contributed by atoms with Gasteiger partial charge in [0.05, 0.1) is 24.3 Å². The third-order valence-electron chi connectivity index (χ3n) is 4.18. The molecule has 0 aromatic heterocycles. The van der Waals surface area contributed by atoms with Crippen molar-refractivity contribution in [3.8, 4) is 11.5 Å². The Morgan fingerprint density at radius 2 is 1.32 bits per heavy atom. The Balaban J connectivity index is 1.75. The van der Waals surface area contributed by atoms with Crippen LogP contribution in [0.25, 0.3) is 0 Å². The van der Waals surface area contributed by atoms with Gasteiger partial charge in [-0.3, -0.25) is 9.59 Å². The van der Waals surface area contributed by atoms with Crippen LogP contribution in [0.4, 0.5) is 0 Å². The second kappa shape index (κ2) is 9.75. The highest BCUT2D eigenvalue weighted by Crippen LogP contribution is 2.19. The summed E-state index contributed by atoms with van der Waals surface area (Å²) in [6.07, 6.45) is 0. The smallest absolute Gasteiger partial charge is 0.255 e. The van der Waals surface area contributed by atoms with Gasteiger partial charge in [-0.15, -0.1) is 0 Å². The molecule has 7 nitrogen and oxygen atoms in total. The number of carbonyl (C=O) groups excluding carboxylic acids is 2. The van der Waals surface area contributed by atoms with E-state index in [9.17, 15) is 9.59 Å². The average molecular weight is 384 g/mol. The van der Waals surface area contributed by atoms with E-state index in [1.807, 2.05) is 19.1 Å². The lowest BCUT2D eigenvalue weighted by molar-refractivity contribution is 0.0751.